The molecule has 0 amide bonds. The average Bonchev–Trinajstić information content (AvgIpc) is 2.58. The highest BCUT2D eigenvalue weighted by atomic mass is 32.2. The van der Waals surface area contributed by atoms with E-state index in [1.54, 1.807) is 6.07 Å². The summed E-state index contributed by atoms with van der Waals surface area (Å²) in [4.78, 5) is 5.83. The van der Waals surface area contributed by atoms with Gasteiger partial charge in [-0.15, -0.1) is 0 Å². The van der Waals surface area contributed by atoms with Crippen molar-refractivity contribution in [1.82, 2.24) is 5.32 Å². The number of halogens is 5. The van der Waals surface area contributed by atoms with Crippen molar-refractivity contribution in [2.75, 3.05) is 6.54 Å². The lowest BCUT2D eigenvalue weighted by Crippen LogP contribution is -2.41. The summed E-state index contributed by atoms with van der Waals surface area (Å²) in [6.45, 7) is 8.36. The Labute approximate surface area is 170 Å². The number of aliphatic imine (C=N–C) groups is 1. The third-order valence-corrected chi connectivity index (χ3v) is 4.97. The number of ether oxygens (including phenoxy) is 1. The van der Waals surface area contributed by atoms with E-state index in [1.807, 2.05) is 39.8 Å². The maximum atomic E-state index is 13.1. The summed E-state index contributed by atoms with van der Waals surface area (Å²) in [5.74, 6) is 0.222. The molecule has 2 rings (SSSR count). The van der Waals surface area contributed by atoms with Crippen LogP contribution in [0.5, 0.6) is 5.75 Å². The molecule has 0 radical (unpaired) electrons. The molecule has 0 bridgehead atoms. The second-order valence-corrected chi connectivity index (χ2v) is 7.44. The van der Waals surface area contributed by atoms with E-state index in [2.05, 4.69) is 15.0 Å². The number of hydrogen-bond acceptors (Lipinski definition) is 3. The van der Waals surface area contributed by atoms with Crippen LogP contribution in [0.15, 0.2) is 51.2 Å². The third kappa shape index (κ3) is 6.09. The second-order valence-electron chi connectivity index (χ2n) is 6.33. The van der Waals surface area contributed by atoms with Gasteiger partial charge in [0.2, 0.25) is 0 Å². The molecule has 0 atom stereocenters. The van der Waals surface area contributed by atoms with Crippen LogP contribution >= 0.6 is 11.8 Å². The zero-order valence-electron chi connectivity index (χ0n) is 16.3. The first-order valence-corrected chi connectivity index (χ1v) is 9.56. The lowest BCUT2D eigenvalue weighted by atomic mass is 10.1. The first kappa shape index (κ1) is 23.0. The second kappa shape index (κ2) is 9.02. The van der Waals surface area contributed by atoms with Gasteiger partial charge in [-0.3, -0.25) is 0 Å². The quantitative estimate of drug-likeness (QED) is 0.315. The molecule has 0 aliphatic carbocycles. The minimum Gasteiger partial charge on any atom is -0.426 e. The highest BCUT2D eigenvalue weighted by Gasteiger charge is 2.61. The molecule has 0 unspecified atom stereocenters. The molecule has 0 fully saturated rings. The molecule has 158 valence electrons. The first-order chi connectivity index (χ1) is 13.4. The lowest BCUT2D eigenvalue weighted by molar-refractivity contribution is -0.360. The van der Waals surface area contributed by atoms with Gasteiger partial charge in [-0.1, -0.05) is 17.8 Å². The number of alkyl halides is 5. The van der Waals surface area contributed by atoms with Gasteiger partial charge in [0.25, 0.3) is 0 Å². The largest absolute Gasteiger partial charge is 0.499 e. The molecule has 0 aliphatic heterocycles. The fourth-order valence-corrected chi connectivity index (χ4v) is 3.45. The Balaban J connectivity index is 2.24. The number of nitrogens with zero attached hydrogens (tertiary/aromatic N) is 1. The average molecular weight is 432 g/mol. The van der Waals surface area contributed by atoms with Crippen molar-refractivity contribution in [1.29, 1.82) is 0 Å². The molecule has 0 aliphatic rings. The zero-order chi connectivity index (χ0) is 21.8. The fourth-order valence-electron chi connectivity index (χ4n) is 2.41. The summed E-state index contributed by atoms with van der Waals surface area (Å²) in [5.41, 5.74) is 2.61. The number of aryl methyl sites for hydroxylation is 2. The molecule has 1 N–H and O–H groups in total. The predicted molar refractivity (Wildman–Crippen MR) is 105 cm³/mol. The summed E-state index contributed by atoms with van der Waals surface area (Å²) in [6.07, 6.45) is -11.0. The molecule has 2 aromatic carbocycles. The van der Waals surface area contributed by atoms with E-state index < -0.39 is 18.0 Å². The van der Waals surface area contributed by atoms with Gasteiger partial charge in [0, 0.05) is 16.3 Å². The SMILES string of the molecule is CCNC(C)=Nc1cc(C)c(Sc2cccc(OC(F)(F)C(F)(F)F)c2)cc1C. The molecular weight excluding hydrogens is 411 g/mol. The van der Waals surface area contributed by atoms with Crippen LogP contribution in [0.3, 0.4) is 0 Å². The van der Waals surface area contributed by atoms with Crippen molar-refractivity contribution in [3.63, 3.8) is 0 Å². The van der Waals surface area contributed by atoms with Gasteiger partial charge < -0.3 is 10.1 Å². The van der Waals surface area contributed by atoms with Crippen LogP contribution in [-0.2, 0) is 0 Å². The standard InChI is InChI=1S/C20H21F5N2OS/c1-5-26-14(4)27-17-9-13(3)18(10-12(17)2)29-16-8-6-7-15(11-16)28-20(24,25)19(21,22)23/h6-11H,5H2,1-4H3,(H,26,27). The third-order valence-electron chi connectivity index (χ3n) is 3.82. The topological polar surface area (TPSA) is 33.6 Å². The van der Waals surface area contributed by atoms with Crippen LogP contribution in [-0.4, -0.2) is 24.7 Å². The molecular formula is C20H21F5N2OS. The van der Waals surface area contributed by atoms with E-state index in [0.717, 1.165) is 46.2 Å². The molecule has 0 saturated carbocycles. The van der Waals surface area contributed by atoms with E-state index in [4.69, 9.17) is 0 Å². The maximum Gasteiger partial charge on any atom is 0.499 e. The lowest BCUT2D eigenvalue weighted by Gasteiger charge is -2.20. The van der Waals surface area contributed by atoms with E-state index in [-0.39, 0.29) is 0 Å². The van der Waals surface area contributed by atoms with Crippen LogP contribution < -0.4 is 10.1 Å². The Morgan fingerprint density at radius 2 is 1.76 bits per heavy atom. The van der Waals surface area contributed by atoms with Gasteiger partial charge in [-0.2, -0.15) is 22.0 Å². The van der Waals surface area contributed by atoms with E-state index in [0.29, 0.717) is 4.90 Å². The number of hydrogen-bond donors (Lipinski definition) is 1. The van der Waals surface area contributed by atoms with Crippen molar-refractivity contribution in [3.05, 3.63) is 47.5 Å². The number of nitrogens with one attached hydrogen (secondary N) is 1. The van der Waals surface area contributed by atoms with E-state index >= 15 is 0 Å². The maximum absolute atomic E-state index is 13.1. The molecule has 9 heteroatoms. The van der Waals surface area contributed by atoms with Crippen LogP contribution in [0.25, 0.3) is 0 Å². The smallest absolute Gasteiger partial charge is 0.426 e. The summed E-state index contributed by atoms with van der Waals surface area (Å²) in [5, 5.41) is 3.12. The van der Waals surface area contributed by atoms with Crippen LogP contribution in [0.1, 0.15) is 25.0 Å². The molecule has 2 aromatic rings. The van der Waals surface area contributed by atoms with Crippen LogP contribution in [0, 0.1) is 13.8 Å². The van der Waals surface area contributed by atoms with Crippen molar-refractivity contribution >= 4 is 23.3 Å². The molecule has 0 heterocycles. The zero-order valence-corrected chi connectivity index (χ0v) is 17.1. The van der Waals surface area contributed by atoms with Gasteiger partial charge in [-0.25, -0.2) is 4.99 Å². The predicted octanol–water partition coefficient (Wildman–Crippen LogP) is 6.65. The van der Waals surface area contributed by atoms with Crippen molar-refractivity contribution in [2.45, 2.75) is 49.8 Å². The Hall–Kier alpha value is -2.29. The first-order valence-electron chi connectivity index (χ1n) is 8.75. The van der Waals surface area contributed by atoms with Gasteiger partial charge in [-0.05, 0) is 69.2 Å². The number of rotatable bonds is 6. The molecule has 0 spiro atoms. The Morgan fingerprint density at radius 1 is 1.07 bits per heavy atom. The van der Waals surface area contributed by atoms with E-state index in [1.165, 1.54) is 17.8 Å². The van der Waals surface area contributed by atoms with Crippen LogP contribution in [0.4, 0.5) is 27.6 Å². The van der Waals surface area contributed by atoms with Gasteiger partial charge in [0.1, 0.15) is 5.75 Å². The Kier molecular flexibility index (Phi) is 7.15. The van der Waals surface area contributed by atoms with Crippen molar-refractivity contribution in [2.24, 2.45) is 4.99 Å². The van der Waals surface area contributed by atoms with Gasteiger partial charge in [0.15, 0.2) is 0 Å². The van der Waals surface area contributed by atoms with Gasteiger partial charge >= 0.3 is 12.3 Å². The van der Waals surface area contributed by atoms with Crippen molar-refractivity contribution in [3.8, 4) is 5.75 Å². The number of benzene rings is 2. The Morgan fingerprint density at radius 3 is 2.38 bits per heavy atom. The minimum atomic E-state index is -5.79. The highest BCUT2D eigenvalue weighted by molar-refractivity contribution is 7.99. The number of amidine groups is 1. The molecule has 0 saturated heterocycles. The molecule has 3 nitrogen and oxygen atoms in total. The minimum absolute atomic E-state index is 0.475. The molecule has 0 aromatic heterocycles. The Bertz CT molecular complexity index is 897. The van der Waals surface area contributed by atoms with Gasteiger partial charge in [0.05, 0.1) is 11.5 Å². The highest BCUT2D eigenvalue weighted by Crippen LogP contribution is 2.39. The van der Waals surface area contributed by atoms with Crippen molar-refractivity contribution < 1.29 is 26.7 Å². The molecule has 29 heavy (non-hydrogen) atoms. The summed E-state index contributed by atoms with van der Waals surface area (Å²) >= 11 is 1.24. The summed E-state index contributed by atoms with van der Waals surface area (Å²) < 4.78 is 67.2. The summed E-state index contributed by atoms with van der Waals surface area (Å²) in [6, 6.07) is 8.99. The van der Waals surface area contributed by atoms with Crippen LogP contribution in [0.2, 0.25) is 0 Å². The normalized spacial score (nSPS) is 12.8. The summed E-state index contributed by atoms with van der Waals surface area (Å²) in [7, 11) is 0. The fraction of sp³-hybridized carbons (Fsp3) is 0.350. The van der Waals surface area contributed by atoms with E-state index in [9.17, 15) is 22.0 Å². The monoisotopic (exact) mass is 432 g/mol.